The molecule has 0 radical (unpaired) electrons. The fraction of sp³-hybridized carbons (Fsp3) is 0.214. The van der Waals surface area contributed by atoms with Gasteiger partial charge in [0.1, 0.15) is 11.6 Å². The van der Waals surface area contributed by atoms with Crippen molar-refractivity contribution in [3.63, 3.8) is 0 Å². The molecular formula is C14H15N3O3. The van der Waals surface area contributed by atoms with Crippen molar-refractivity contribution in [2.24, 2.45) is 0 Å². The van der Waals surface area contributed by atoms with Crippen molar-refractivity contribution in [1.29, 1.82) is 0 Å². The van der Waals surface area contributed by atoms with Crippen LogP contribution >= 0.6 is 0 Å². The van der Waals surface area contributed by atoms with Crippen molar-refractivity contribution in [2.75, 3.05) is 5.32 Å². The minimum Gasteiger partial charge on any atom is -0.478 e. The summed E-state index contributed by atoms with van der Waals surface area (Å²) in [7, 11) is 0. The Morgan fingerprint density at radius 1 is 1.40 bits per heavy atom. The number of hydrogen-bond acceptors (Lipinski definition) is 4. The van der Waals surface area contributed by atoms with Crippen LogP contribution in [0.3, 0.4) is 0 Å². The first-order valence-electron chi connectivity index (χ1n) is 6.21. The third kappa shape index (κ3) is 3.03. The van der Waals surface area contributed by atoms with E-state index in [9.17, 15) is 9.59 Å². The van der Waals surface area contributed by atoms with Crippen molar-refractivity contribution in [3.05, 3.63) is 51.6 Å². The Bertz CT molecular complexity index is 707. The number of aromatic nitrogens is 2. The van der Waals surface area contributed by atoms with Crippen LogP contribution in [0.5, 0.6) is 0 Å². The molecule has 3 N–H and O–H groups in total. The van der Waals surface area contributed by atoms with Crippen molar-refractivity contribution >= 4 is 17.5 Å². The summed E-state index contributed by atoms with van der Waals surface area (Å²) in [6, 6.07) is 6.23. The van der Waals surface area contributed by atoms with E-state index in [1.54, 1.807) is 19.1 Å². The van der Waals surface area contributed by atoms with Gasteiger partial charge in [0.2, 0.25) is 0 Å². The van der Waals surface area contributed by atoms with Crippen molar-refractivity contribution in [2.45, 2.75) is 20.3 Å². The number of carboxylic acids is 1. The van der Waals surface area contributed by atoms with E-state index in [-0.39, 0.29) is 11.1 Å². The molecule has 0 saturated heterocycles. The van der Waals surface area contributed by atoms with Gasteiger partial charge in [-0.25, -0.2) is 9.78 Å². The minimum absolute atomic E-state index is 0.224. The number of anilines is 2. The zero-order chi connectivity index (χ0) is 14.7. The Hall–Kier alpha value is -2.63. The number of carbonyl (C=O) groups is 1. The average molecular weight is 273 g/mol. The monoisotopic (exact) mass is 273 g/mol. The van der Waals surface area contributed by atoms with E-state index >= 15 is 0 Å². The third-order valence-corrected chi connectivity index (χ3v) is 2.85. The standard InChI is InChI=1S/C14H15N3O3/c1-3-11-16-12(7-13(18)17-11)15-9-4-5-10(14(19)20)8(2)6-9/h4-7H,3H2,1-2H3,(H,19,20)(H2,15,16,17,18). The van der Waals surface area contributed by atoms with Crippen LogP contribution in [-0.4, -0.2) is 21.0 Å². The fourth-order valence-electron chi connectivity index (χ4n) is 1.87. The smallest absolute Gasteiger partial charge is 0.335 e. The maximum absolute atomic E-state index is 11.5. The van der Waals surface area contributed by atoms with Crippen molar-refractivity contribution in [3.8, 4) is 0 Å². The number of nitrogens with zero attached hydrogens (tertiary/aromatic N) is 1. The molecule has 0 aliphatic carbocycles. The molecule has 0 unspecified atom stereocenters. The lowest BCUT2D eigenvalue weighted by Crippen LogP contribution is -2.11. The minimum atomic E-state index is -0.961. The molecule has 104 valence electrons. The molecule has 2 rings (SSSR count). The molecule has 6 heteroatoms. The lowest BCUT2D eigenvalue weighted by atomic mass is 10.1. The molecule has 0 atom stereocenters. The number of aromatic amines is 1. The highest BCUT2D eigenvalue weighted by molar-refractivity contribution is 5.90. The number of aromatic carboxylic acids is 1. The van der Waals surface area contributed by atoms with Gasteiger partial charge in [0.05, 0.1) is 5.56 Å². The predicted octanol–water partition coefficient (Wildman–Crippen LogP) is 2.08. The number of benzene rings is 1. The quantitative estimate of drug-likeness (QED) is 0.792. The van der Waals surface area contributed by atoms with Crippen LogP contribution in [-0.2, 0) is 6.42 Å². The number of nitrogens with one attached hydrogen (secondary N) is 2. The SMILES string of the molecule is CCc1nc(Nc2ccc(C(=O)O)c(C)c2)cc(=O)[nH]1. The van der Waals surface area contributed by atoms with Crippen LogP contribution in [0.4, 0.5) is 11.5 Å². The summed E-state index contributed by atoms with van der Waals surface area (Å²) in [5.41, 5.74) is 1.36. The Balaban J connectivity index is 2.30. The third-order valence-electron chi connectivity index (χ3n) is 2.85. The van der Waals surface area contributed by atoms with Gasteiger partial charge in [-0.1, -0.05) is 6.92 Å². The number of rotatable bonds is 4. The van der Waals surface area contributed by atoms with E-state index in [2.05, 4.69) is 15.3 Å². The van der Waals surface area contributed by atoms with Gasteiger partial charge in [0.15, 0.2) is 0 Å². The van der Waals surface area contributed by atoms with Gasteiger partial charge >= 0.3 is 5.97 Å². The van der Waals surface area contributed by atoms with Crippen LogP contribution in [0.2, 0.25) is 0 Å². The summed E-state index contributed by atoms with van der Waals surface area (Å²) in [6.07, 6.45) is 0.627. The molecule has 2 aromatic rings. The molecule has 6 nitrogen and oxygen atoms in total. The molecule has 20 heavy (non-hydrogen) atoms. The summed E-state index contributed by atoms with van der Waals surface area (Å²) in [5, 5.41) is 12.0. The number of carboxylic acid groups (broad SMARTS) is 1. The van der Waals surface area contributed by atoms with E-state index in [0.29, 0.717) is 29.3 Å². The first-order chi connectivity index (χ1) is 9.49. The number of hydrogen-bond donors (Lipinski definition) is 3. The van der Waals surface area contributed by atoms with E-state index < -0.39 is 5.97 Å². The lowest BCUT2D eigenvalue weighted by Gasteiger charge is -2.08. The molecule has 0 saturated carbocycles. The van der Waals surface area contributed by atoms with Crippen molar-refractivity contribution < 1.29 is 9.90 Å². The van der Waals surface area contributed by atoms with Crippen LogP contribution in [0.15, 0.2) is 29.1 Å². The van der Waals surface area contributed by atoms with E-state index in [0.717, 1.165) is 0 Å². The molecule has 0 aliphatic rings. The largest absolute Gasteiger partial charge is 0.478 e. The van der Waals surface area contributed by atoms with E-state index in [4.69, 9.17) is 5.11 Å². The molecule has 0 fully saturated rings. The van der Waals surface area contributed by atoms with Gasteiger partial charge < -0.3 is 15.4 Å². The maximum atomic E-state index is 11.5. The second-order valence-electron chi connectivity index (χ2n) is 4.39. The van der Waals surface area contributed by atoms with Gasteiger partial charge in [-0.15, -0.1) is 0 Å². The lowest BCUT2D eigenvalue weighted by molar-refractivity contribution is 0.0696. The summed E-state index contributed by atoms with van der Waals surface area (Å²) >= 11 is 0. The summed E-state index contributed by atoms with van der Waals surface area (Å²) < 4.78 is 0. The molecule has 0 bridgehead atoms. The molecule has 1 aromatic carbocycles. The Kier molecular flexibility index (Phi) is 3.84. The van der Waals surface area contributed by atoms with Crippen molar-refractivity contribution in [1.82, 2.24) is 9.97 Å². The van der Waals surface area contributed by atoms with Crippen LogP contribution in [0, 0.1) is 6.92 Å². The summed E-state index contributed by atoms with van der Waals surface area (Å²) in [4.78, 5) is 29.3. The number of H-pyrrole nitrogens is 1. The summed E-state index contributed by atoms with van der Waals surface area (Å²) in [5.74, 6) is 0.0727. The van der Waals surface area contributed by atoms with Crippen LogP contribution in [0.25, 0.3) is 0 Å². The normalized spacial score (nSPS) is 10.3. The highest BCUT2D eigenvalue weighted by Crippen LogP contribution is 2.18. The van der Waals surface area contributed by atoms with E-state index in [1.165, 1.54) is 12.1 Å². The Morgan fingerprint density at radius 2 is 2.15 bits per heavy atom. The van der Waals surface area contributed by atoms with Gasteiger partial charge in [0.25, 0.3) is 5.56 Å². The highest BCUT2D eigenvalue weighted by atomic mass is 16.4. The maximum Gasteiger partial charge on any atom is 0.335 e. The van der Waals surface area contributed by atoms with Crippen LogP contribution < -0.4 is 10.9 Å². The molecule has 1 aromatic heterocycles. The molecule has 0 spiro atoms. The van der Waals surface area contributed by atoms with Gasteiger partial charge in [-0.3, -0.25) is 4.79 Å². The average Bonchev–Trinajstić information content (AvgIpc) is 2.37. The zero-order valence-electron chi connectivity index (χ0n) is 11.2. The predicted molar refractivity (Wildman–Crippen MR) is 75.7 cm³/mol. The second kappa shape index (κ2) is 5.56. The van der Waals surface area contributed by atoms with E-state index in [1.807, 2.05) is 6.92 Å². The fourth-order valence-corrected chi connectivity index (χ4v) is 1.87. The van der Waals surface area contributed by atoms with Crippen LogP contribution in [0.1, 0.15) is 28.7 Å². The Morgan fingerprint density at radius 3 is 2.75 bits per heavy atom. The topological polar surface area (TPSA) is 95.1 Å². The number of aryl methyl sites for hydroxylation is 2. The Labute approximate surface area is 115 Å². The summed E-state index contributed by atoms with van der Waals surface area (Å²) in [6.45, 7) is 3.62. The zero-order valence-corrected chi connectivity index (χ0v) is 11.2. The van der Waals surface area contributed by atoms with Gasteiger partial charge in [-0.05, 0) is 30.7 Å². The molecular weight excluding hydrogens is 258 g/mol. The molecule has 0 amide bonds. The van der Waals surface area contributed by atoms with Gasteiger partial charge in [0, 0.05) is 18.2 Å². The van der Waals surface area contributed by atoms with Gasteiger partial charge in [-0.2, -0.15) is 0 Å². The first kappa shape index (κ1) is 13.8. The highest BCUT2D eigenvalue weighted by Gasteiger charge is 2.08. The molecule has 0 aliphatic heterocycles. The molecule has 1 heterocycles. The second-order valence-corrected chi connectivity index (χ2v) is 4.39. The first-order valence-corrected chi connectivity index (χ1v) is 6.21.